The molecule has 0 spiro atoms. The maximum Gasteiger partial charge on any atom is 0.237 e. The maximum absolute atomic E-state index is 5.00. The van der Waals surface area contributed by atoms with Gasteiger partial charge in [0.05, 0.1) is 82.8 Å². The molecule has 0 aliphatic carbocycles. The molecular formula is C81H51N15. The summed E-state index contributed by atoms with van der Waals surface area (Å²) in [5.74, 6) is 4.29. The van der Waals surface area contributed by atoms with Gasteiger partial charge in [0, 0.05) is 34.7 Å². The normalized spacial score (nSPS) is 11.8. The lowest BCUT2D eigenvalue weighted by molar-refractivity contribution is 0.983. The molecule has 15 heteroatoms. The van der Waals surface area contributed by atoms with Crippen LogP contribution in [0.4, 0.5) is 0 Å². The highest BCUT2D eigenvalue weighted by Gasteiger charge is 2.23. The average molecular weight is 1230 g/mol. The number of para-hydroxylation sites is 11. The average Bonchev–Trinajstić information content (AvgIpc) is 1.71. The zero-order chi connectivity index (χ0) is 63.2. The van der Waals surface area contributed by atoms with Gasteiger partial charge in [-0.15, -0.1) is 0 Å². The molecule has 0 aliphatic heterocycles. The zero-order valence-corrected chi connectivity index (χ0v) is 51.2. The molecule has 0 atom stereocenters. The number of benzene rings is 12. The molecule has 0 saturated carbocycles. The lowest BCUT2D eigenvalue weighted by Crippen LogP contribution is -2.01. The Morgan fingerprint density at radius 1 is 0.188 bits per heavy atom. The highest BCUT2D eigenvalue weighted by Crippen LogP contribution is 2.36. The number of aromatic nitrogens is 15. The fourth-order valence-electron chi connectivity index (χ4n) is 13.4. The van der Waals surface area contributed by atoms with E-state index in [-0.39, 0.29) is 0 Å². The summed E-state index contributed by atoms with van der Waals surface area (Å²) in [6.07, 6.45) is 5.62. The molecule has 0 radical (unpaired) electrons. The predicted molar refractivity (Wildman–Crippen MR) is 384 cm³/mol. The number of nitrogens with zero attached hydrogens (tertiary/aromatic N) is 15. The molecule has 96 heavy (non-hydrogen) atoms. The summed E-state index contributed by atoms with van der Waals surface area (Å²) in [7, 11) is 0. The van der Waals surface area contributed by atoms with Gasteiger partial charge in [0.15, 0.2) is 0 Å². The molecule has 0 unspecified atom stereocenters. The van der Waals surface area contributed by atoms with Crippen LogP contribution in [-0.2, 0) is 0 Å². The second-order valence-corrected chi connectivity index (χ2v) is 23.6. The molecule has 15 nitrogen and oxygen atoms in total. The summed E-state index contributed by atoms with van der Waals surface area (Å²) >= 11 is 0. The number of fused-ring (bicyclic) bond motifs is 18. The van der Waals surface area contributed by atoms with E-state index >= 15 is 0 Å². The molecule has 21 aromatic rings. The molecule has 0 aliphatic rings. The molecule has 0 saturated heterocycles. The van der Waals surface area contributed by atoms with Gasteiger partial charge in [0.2, 0.25) is 35.2 Å². The van der Waals surface area contributed by atoms with Crippen LogP contribution >= 0.6 is 0 Å². The van der Waals surface area contributed by atoms with Gasteiger partial charge in [0.1, 0.15) is 0 Å². The topological polar surface area (TPSA) is 144 Å². The van der Waals surface area contributed by atoms with Gasteiger partial charge in [-0.3, -0.25) is 13.2 Å². The summed E-state index contributed by atoms with van der Waals surface area (Å²) in [6.45, 7) is 0. The predicted octanol–water partition coefficient (Wildman–Crippen LogP) is 18.1. The van der Waals surface area contributed by atoms with Crippen LogP contribution in [0.5, 0.6) is 0 Å². The van der Waals surface area contributed by atoms with E-state index in [1.165, 1.54) is 22.3 Å². The third-order valence-corrected chi connectivity index (χ3v) is 18.0. The van der Waals surface area contributed by atoms with E-state index in [9.17, 15) is 0 Å². The van der Waals surface area contributed by atoms with E-state index in [1.54, 1.807) is 0 Å². The van der Waals surface area contributed by atoms with Crippen molar-refractivity contribution in [3.05, 3.63) is 310 Å². The summed E-state index contributed by atoms with van der Waals surface area (Å²) in [6, 6.07) is 99.7. The van der Waals surface area contributed by atoms with Crippen molar-refractivity contribution in [3.8, 4) is 51.2 Å². The van der Waals surface area contributed by atoms with Crippen LogP contribution in [-0.4, -0.2) is 71.8 Å². The van der Waals surface area contributed by atoms with Crippen LogP contribution in [0, 0.1) is 0 Å². The SMILES string of the molecule is c1ccc(-c2ccc(-c3ccc4c(c3)n3c5ccccc5nc3n4-c3ncc4ccccc4n3)cc2)cc1.c1ccc(-c2ccc3c(c2)n2c4ccccc4nc2n3-c2ncc3ccccc3n2)cc1.c1ccc2nc(-n3c4ccccc4n4c5ccccc5nc34)ncc2c1. The largest absolute Gasteiger partial charge is 0.276 e. The Hall–Kier alpha value is -13.5. The van der Waals surface area contributed by atoms with Crippen LogP contribution in [0.1, 0.15) is 0 Å². The van der Waals surface area contributed by atoms with Gasteiger partial charge in [0.25, 0.3) is 0 Å². The van der Waals surface area contributed by atoms with Crippen LogP contribution in [0.2, 0.25) is 0 Å². The fraction of sp³-hybridized carbons (Fsp3) is 0. The molecule has 0 amide bonds. The first-order chi connectivity index (χ1) is 47.6. The van der Waals surface area contributed by atoms with Crippen molar-refractivity contribution in [1.82, 2.24) is 71.8 Å². The van der Waals surface area contributed by atoms with Crippen LogP contribution in [0.15, 0.2) is 310 Å². The second-order valence-electron chi connectivity index (χ2n) is 23.6. The van der Waals surface area contributed by atoms with Crippen molar-refractivity contribution in [2.45, 2.75) is 0 Å². The number of hydrogen-bond donors (Lipinski definition) is 0. The van der Waals surface area contributed by atoms with E-state index in [0.717, 1.165) is 127 Å². The smallest absolute Gasteiger partial charge is 0.237 e. The van der Waals surface area contributed by atoms with Crippen molar-refractivity contribution in [2.24, 2.45) is 0 Å². The molecule has 0 fully saturated rings. The number of imidazole rings is 6. The fourth-order valence-corrected chi connectivity index (χ4v) is 13.4. The van der Waals surface area contributed by atoms with E-state index < -0.39 is 0 Å². The van der Waals surface area contributed by atoms with Crippen molar-refractivity contribution >= 4 is 116 Å². The van der Waals surface area contributed by atoms with Crippen LogP contribution in [0.25, 0.3) is 167 Å². The first-order valence-electron chi connectivity index (χ1n) is 31.7. The van der Waals surface area contributed by atoms with E-state index in [2.05, 4.69) is 173 Å². The maximum atomic E-state index is 5.00. The molecule has 9 heterocycles. The molecule has 0 bridgehead atoms. The van der Waals surface area contributed by atoms with Crippen molar-refractivity contribution in [2.75, 3.05) is 0 Å². The first kappa shape index (κ1) is 54.2. The van der Waals surface area contributed by atoms with Gasteiger partial charge in [-0.1, -0.05) is 200 Å². The Morgan fingerprint density at radius 3 is 0.854 bits per heavy atom. The highest BCUT2D eigenvalue weighted by atomic mass is 15.3. The summed E-state index contributed by atoms with van der Waals surface area (Å²) in [4.78, 5) is 43.4. The Morgan fingerprint density at radius 2 is 0.458 bits per heavy atom. The van der Waals surface area contributed by atoms with Crippen molar-refractivity contribution < 1.29 is 0 Å². The second kappa shape index (κ2) is 22.1. The van der Waals surface area contributed by atoms with Crippen molar-refractivity contribution in [3.63, 3.8) is 0 Å². The number of hydrogen-bond acceptors (Lipinski definition) is 9. The molecular weight excluding hydrogens is 1180 g/mol. The molecule has 450 valence electrons. The Labute approximate surface area is 546 Å². The monoisotopic (exact) mass is 1230 g/mol. The van der Waals surface area contributed by atoms with E-state index in [1.807, 2.05) is 169 Å². The quantitative estimate of drug-likeness (QED) is 0.159. The Bertz CT molecular complexity index is 6600. The van der Waals surface area contributed by atoms with Gasteiger partial charge in [-0.2, -0.15) is 0 Å². The van der Waals surface area contributed by atoms with Crippen LogP contribution < -0.4 is 0 Å². The zero-order valence-electron chi connectivity index (χ0n) is 51.2. The Balaban J connectivity index is 0.000000103. The van der Waals surface area contributed by atoms with Gasteiger partial charge < -0.3 is 0 Å². The van der Waals surface area contributed by atoms with Crippen LogP contribution in [0.3, 0.4) is 0 Å². The highest BCUT2D eigenvalue weighted by molar-refractivity contribution is 5.97. The summed E-state index contributed by atoms with van der Waals surface area (Å²) < 4.78 is 12.7. The molecule has 21 rings (SSSR count). The third-order valence-electron chi connectivity index (χ3n) is 18.0. The minimum Gasteiger partial charge on any atom is -0.276 e. The molecule has 0 N–H and O–H groups in total. The van der Waals surface area contributed by atoms with Gasteiger partial charge >= 0.3 is 0 Å². The molecule has 12 aromatic carbocycles. The van der Waals surface area contributed by atoms with Crippen molar-refractivity contribution in [1.29, 1.82) is 0 Å². The Kier molecular flexibility index (Phi) is 12.5. The molecule has 9 aromatic heterocycles. The van der Waals surface area contributed by atoms with E-state index in [0.29, 0.717) is 17.8 Å². The first-order valence-corrected chi connectivity index (χ1v) is 31.7. The standard InChI is InChI=1S/C33H21N5.C27H17N5.C21H13N5/c1-2-8-22(9-3-1)23-14-16-24(17-15-23)25-18-19-30-31(20-25)37-29-13-7-6-12-28(29)36-33(37)38(30)32-34-21-26-10-4-5-11-27(26)35-32;1-2-8-18(9-3-1)19-14-15-24-25(16-19)31-23-13-7-6-12-22(23)30-27(31)32(24)26-28-17-20-10-4-5-11-21(20)29-26;1-2-8-15-14(7-1)13-22-20(23-15)26-19-12-6-5-11-18(19)25-17-10-4-3-9-16(17)24-21(25)26/h1-21H;1-17H;1-13H. The van der Waals surface area contributed by atoms with E-state index in [4.69, 9.17) is 39.9 Å². The summed E-state index contributed by atoms with van der Waals surface area (Å²) in [5, 5.41) is 3.05. The lowest BCUT2D eigenvalue weighted by atomic mass is 10.00. The number of rotatable bonds is 6. The third kappa shape index (κ3) is 8.94. The minimum absolute atomic E-state index is 0.610. The van der Waals surface area contributed by atoms with Gasteiger partial charge in [-0.05, 0) is 124 Å². The summed E-state index contributed by atoms with van der Waals surface area (Å²) in [5.41, 5.74) is 22.2. The van der Waals surface area contributed by atoms with Gasteiger partial charge in [-0.25, -0.2) is 58.6 Å². The minimum atomic E-state index is 0.610. The lowest BCUT2D eigenvalue weighted by Gasteiger charge is -2.07.